The van der Waals surface area contributed by atoms with Gasteiger partial charge in [0.1, 0.15) is 0 Å². The van der Waals surface area contributed by atoms with Gasteiger partial charge in [-0.05, 0) is 42.7 Å². The number of amides is 1. The van der Waals surface area contributed by atoms with E-state index in [2.05, 4.69) is 10.5 Å². The fourth-order valence-electron chi connectivity index (χ4n) is 4.41. The summed E-state index contributed by atoms with van der Waals surface area (Å²) >= 11 is 6.27. The Kier molecular flexibility index (Phi) is 6.74. The standard InChI is InChI=1S/C24H25ClF3N3O/c25-20-10-6-5-7-17-15-21(20)29-30-22(17)23(32)31-13-11-16(12-14-31)18-8-3-1-2-4-9-19(18)24(26,27)28/h3-9,16,29H,1-2,10-15H2/b6-5-,8-3-,9-4?,17-7+,19-18-,21-20-. The van der Waals surface area contributed by atoms with Crippen LogP contribution >= 0.6 is 11.6 Å². The van der Waals surface area contributed by atoms with Gasteiger partial charge in [-0.1, -0.05) is 54.1 Å². The van der Waals surface area contributed by atoms with E-state index in [1.54, 1.807) is 17.1 Å². The zero-order chi connectivity index (χ0) is 22.7. The SMILES string of the molecule is O=C(C1=NN/C2=C(\Cl)C/C=C\C=C\1C2)N1CCC(C2=C(\C(F)(F)F)C=CCC/C=C\2)CC1. The lowest BCUT2D eigenvalue weighted by atomic mass is 9.84. The highest BCUT2D eigenvalue weighted by molar-refractivity contribution is 6.45. The topological polar surface area (TPSA) is 44.7 Å². The summed E-state index contributed by atoms with van der Waals surface area (Å²) in [6.07, 6.45) is 10.9. The predicted octanol–water partition coefficient (Wildman–Crippen LogP) is 5.68. The van der Waals surface area contributed by atoms with Crippen LogP contribution < -0.4 is 5.43 Å². The molecule has 0 aromatic carbocycles. The van der Waals surface area contributed by atoms with E-state index in [9.17, 15) is 18.0 Å². The average molecular weight is 464 g/mol. The van der Waals surface area contributed by atoms with E-state index in [1.165, 1.54) is 6.08 Å². The first-order chi connectivity index (χ1) is 15.3. The summed E-state index contributed by atoms with van der Waals surface area (Å²) in [7, 11) is 0. The lowest BCUT2D eigenvalue weighted by molar-refractivity contribution is -0.125. The summed E-state index contributed by atoms with van der Waals surface area (Å²) in [4.78, 5) is 14.9. The number of hydrogen-bond donors (Lipinski definition) is 1. The molecule has 4 nitrogen and oxygen atoms in total. The number of nitrogens with one attached hydrogen (secondary N) is 1. The molecule has 0 aromatic rings. The van der Waals surface area contributed by atoms with Crippen LogP contribution in [-0.4, -0.2) is 35.8 Å². The maximum atomic E-state index is 13.7. The first kappa shape index (κ1) is 22.6. The van der Waals surface area contributed by atoms with Gasteiger partial charge in [0.05, 0.1) is 11.3 Å². The lowest BCUT2D eigenvalue weighted by Crippen LogP contribution is -2.44. The molecule has 0 atom stereocenters. The van der Waals surface area contributed by atoms with Crippen molar-refractivity contribution in [3.8, 4) is 0 Å². The number of carbonyl (C=O) groups is 1. The number of likely N-dealkylation sites (tertiary alicyclic amines) is 1. The van der Waals surface area contributed by atoms with Crippen molar-refractivity contribution in [3.63, 3.8) is 0 Å². The van der Waals surface area contributed by atoms with Crippen molar-refractivity contribution in [1.29, 1.82) is 0 Å². The first-order valence-corrected chi connectivity index (χ1v) is 11.2. The third-order valence-corrected chi connectivity index (χ3v) is 6.54. The average Bonchev–Trinajstić information content (AvgIpc) is 2.74. The minimum absolute atomic E-state index is 0.204. The molecule has 2 aliphatic carbocycles. The second-order valence-corrected chi connectivity index (χ2v) is 8.73. The number of halogens is 4. The Hall–Kier alpha value is -2.54. The van der Waals surface area contributed by atoms with Crippen LogP contribution in [0.1, 0.15) is 38.5 Å². The Morgan fingerprint density at radius 3 is 2.56 bits per heavy atom. The molecule has 8 heteroatoms. The number of piperidine rings is 1. The van der Waals surface area contributed by atoms with Gasteiger partial charge in [-0.25, -0.2) is 0 Å². The number of carbonyl (C=O) groups excluding carboxylic acids is 1. The number of hydrogen-bond acceptors (Lipinski definition) is 3. The molecule has 1 amide bonds. The number of alkyl halides is 3. The first-order valence-electron chi connectivity index (χ1n) is 10.9. The van der Waals surface area contributed by atoms with Crippen LogP contribution in [0.15, 0.2) is 75.1 Å². The van der Waals surface area contributed by atoms with Crippen LogP contribution in [0.4, 0.5) is 13.2 Å². The van der Waals surface area contributed by atoms with Crippen LogP contribution in [0.3, 0.4) is 0 Å². The highest BCUT2D eigenvalue weighted by atomic mass is 35.5. The number of hydrazone groups is 1. The van der Waals surface area contributed by atoms with Gasteiger partial charge < -0.3 is 4.90 Å². The highest BCUT2D eigenvalue weighted by Crippen LogP contribution is 2.37. The molecular formula is C24H25ClF3N3O. The maximum Gasteiger partial charge on any atom is 0.416 e. The third-order valence-electron chi connectivity index (χ3n) is 6.15. The smallest absolute Gasteiger partial charge is 0.337 e. The molecule has 1 N–H and O–H groups in total. The van der Waals surface area contributed by atoms with Crippen molar-refractivity contribution in [2.24, 2.45) is 11.0 Å². The van der Waals surface area contributed by atoms with Gasteiger partial charge in [-0.2, -0.15) is 18.3 Å². The molecule has 4 rings (SSSR count). The molecule has 2 bridgehead atoms. The van der Waals surface area contributed by atoms with Gasteiger partial charge in [0.2, 0.25) is 0 Å². The minimum atomic E-state index is -4.40. The van der Waals surface area contributed by atoms with Crippen molar-refractivity contribution >= 4 is 23.2 Å². The minimum Gasteiger partial charge on any atom is -0.337 e. The van der Waals surface area contributed by atoms with E-state index in [0.717, 1.165) is 17.7 Å². The van der Waals surface area contributed by atoms with E-state index < -0.39 is 11.7 Å². The fourth-order valence-corrected chi connectivity index (χ4v) is 4.61. The van der Waals surface area contributed by atoms with Crippen LogP contribution in [0.5, 0.6) is 0 Å². The van der Waals surface area contributed by atoms with Gasteiger partial charge in [-0.3, -0.25) is 10.2 Å². The number of rotatable bonds is 2. The number of nitrogens with zero attached hydrogens (tertiary/aromatic N) is 2. The van der Waals surface area contributed by atoms with E-state index in [1.807, 2.05) is 24.3 Å². The van der Waals surface area contributed by atoms with Crippen molar-refractivity contribution in [2.75, 3.05) is 13.1 Å². The molecule has 0 radical (unpaired) electrons. The van der Waals surface area contributed by atoms with Gasteiger partial charge in [0.15, 0.2) is 5.71 Å². The third kappa shape index (κ3) is 4.93. The Morgan fingerprint density at radius 2 is 1.84 bits per heavy atom. The van der Waals surface area contributed by atoms with Crippen molar-refractivity contribution in [3.05, 3.63) is 70.0 Å². The maximum absolute atomic E-state index is 13.7. The molecule has 2 heterocycles. The second-order valence-electron chi connectivity index (χ2n) is 8.27. The Bertz CT molecular complexity index is 990. The van der Waals surface area contributed by atoms with E-state index >= 15 is 0 Å². The molecule has 4 aliphatic rings. The Balaban J connectivity index is 1.50. The lowest BCUT2D eigenvalue weighted by Gasteiger charge is -2.34. The van der Waals surface area contributed by atoms with Crippen LogP contribution in [0.2, 0.25) is 0 Å². The van der Waals surface area contributed by atoms with Gasteiger partial charge >= 0.3 is 6.18 Å². The van der Waals surface area contributed by atoms with Gasteiger partial charge in [0.25, 0.3) is 5.91 Å². The largest absolute Gasteiger partial charge is 0.416 e. The van der Waals surface area contributed by atoms with E-state index in [-0.39, 0.29) is 11.8 Å². The van der Waals surface area contributed by atoms with E-state index in [4.69, 9.17) is 11.6 Å². The summed E-state index contributed by atoms with van der Waals surface area (Å²) in [5, 5.41) is 4.93. The van der Waals surface area contributed by atoms with Gasteiger partial charge in [-0.15, -0.1) is 0 Å². The van der Waals surface area contributed by atoms with Crippen molar-refractivity contribution in [1.82, 2.24) is 10.3 Å². The summed E-state index contributed by atoms with van der Waals surface area (Å²) < 4.78 is 41.0. The molecule has 0 spiro atoms. The predicted molar refractivity (Wildman–Crippen MR) is 120 cm³/mol. The molecule has 0 aromatic heterocycles. The summed E-state index contributed by atoms with van der Waals surface area (Å²) in [5.41, 5.74) is 4.57. The summed E-state index contributed by atoms with van der Waals surface area (Å²) in [6, 6.07) is 0. The van der Waals surface area contributed by atoms with Gasteiger partial charge in [0, 0.05) is 31.0 Å². The van der Waals surface area contributed by atoms with Crippen molar-refractivity contribution in [2.45, 2.75) is 44.7 Å². The van der Waals surface area contributed by atoms with Crippen LogP contribution in [0, 0.1) is 5.92 Å². The molecule has 0 unspecified atom stereocenters. The normalized spacial score (nSPS) is 30.7. The molecule has 1 saturated heterocycles. The Labute approximate surface area is 190 Å². The second kappa shape index (κ2) is 9.53. The summed E-state index contributed by atoms with van der Waals surface area (Å²) in [6.45, 7) is 0.780. The van der Waals surface area contributed by atoms with Crippen LogP contribution in [-0.2, 0) is 4.79 Å². The van der Waals surface area contributed by atoms with E-state index in [0.29, 0.717) is 61.5 Å². The molecule has 170 valence electrons. The molecule has 32 heavy (non-hydrogen) atoms. The Morgan fingerprint density at radius 1 is 1.12 bits per heavy atom. The zero-order valence-electron chi connectivity index (χ0n) is 17.6. The molecule has 1 fully saturated rings. The quantitative estimate of drug-likeness (QED) is 0.573. The van der Waals surface area contributed by atoms with Crippen molar-refractivity contribution < 1.29 is 18.0 Å². The number of fused-ring (bicyclic) bond motifs is 2. The summed E-state index contributed by atoms with van der Waals surface area (Å²) in [5.74, 6) is -0.442. The number of allylic oxidation sites excluding steroid dienone is 11. The highest BCUT2D eigenvalue weighted by Gasteiger charge is 2.37. The zero-order valence-corrected chi connectivity index (χ0v) is 18.3. The molecule has 2 aliphatic heterocycles. The monoisotopic (exact) mass is 463 g/mol. The molecular weight excluding hydrogens is 439 g/mol. The molecule has 0 saturated carbocycles. The fraction of sp³-hybridized carbons (Fsp3) is 0.417. The van der Waals surface area contributed by atoms with Crippen LogP contribution in [0.25, 0.3) is 0 Å².